The molecule has 2 amide bonds. The van der Waals surface area contributed by atoms with E-state index in [2.05, 4.69) is 25.4 Å². The molecule has 0 unspecified atom stereocenters. The molecule has 15 heteroatoms. The van der Waals surface area contributed by atoms with E-state index in [-0.39, 0.29) is 22.2 Å². The fraction of sp³-hybridized carbons (Fsp3) is 0.278. The summed E-state index contributed by atoms with van der Waals surface area (Å²) in [7, 11) is 0. The number of rotatable bonds is 8. The first-order valence-corrected chi connectivity index (χ1v) is 12.3. The maximum absolute atomic E-state index is 12.8. The zero-order valence-corrected chi connectivity index (χ0v) is 19.2. The number of thioether (sulfide) groups is 2. The summed E-state index contributed by atoms with van der Waals surface area (Å²) in [6.45, 7) is 0. The number of carbonyl (C=O) groups excluding carboxylic acids is 2. The molecule has 2 aliphatic rings. The number of carbonyl (C=O) groups is 3. The van der Waals surface area contributed by atoms with Gasteiger partial charge in [0, 0.05) is 33.7 Å². The molecule has 4 rings (SSSR count). The Morgan fingerprint density at radius 3 is 2.88 bits per heavy atom. The Balaban J connectivity index is 1.44. The van der Waals surface area contributed by atoms with Crippen molar-refractivity contribution < 1.29 is 24.7 Å². The molecule has 2 aromatic rings. The second-order valence-corrected chi connectivity index (χ2v) is 9.94. The lowest BCUT2D eigenvalue weighted by atomic mass is 10.0. The number of thiazole rings is 1. The van der Waals surface area contributed by atoms with E-state index in [0.29, 0.717) is 22.8 Å². The number of nitrogens with zero attached hydrogens (tertiary/aromatic N) is 5. The second kappa shape index (κ2) is 9.76. The highest BCUT2D eigenvalue weighted by Gasteiger charge is 2.54. The average molecular weight is 508 g/mol. The maximum atomic E-state index is 12.8. The predicted octanol–water partition coefficient (Wildman–Crippen LogP) is 0.366. The summed E-state index contributed by atoms with van der Waals surface area (Å²) in [4.78, 5) is 51.0. The van der Waals surface area contributed by atoms with Gasteiger partial charge in [-0.15, -0.1) is 34.9 Å². The lowest BCUT2D eigenvalue weighted by Crippen LogP contribution is -2.71. The molecule has 2 atom stereocenters. The largest absolute Gasteiger partial charge is 0.477 e. The number of β-lactam (4-membered cyclic amide) rings is 1. The van der Waals surface area contributed by atoms with Gasteiger partial charge in [0.05, 0.1) is 0 Å². The number of hydrogen-bond acceptors (Lipinski definition) is 12. The first-order chi connectivity index (χ1) is 15.9. The molecule has 0 saturated carbocycles. The van der Waals surface area contributed by atoms with Crippen LogP contribution in [0.15, 0.2) is 39.7 Å². The molecular weight excluding hydrogens is 490 g/mol. The van der Waals surface area contributed by atoms with Crippen LogP contribution in [-0.2, 0) is 20.8 Å². The topological polar surface area (TPSA) is 184 Å². The number of aliphatic carboxylic acids is 1. The summed E-state index contributed by atoms with van der Waals surface area (Å²) in [6, 6.07) is 0.826. The van der Waals surface area contributed by atoms with Gasteiger partial charge >= 0.3 is 5.97 Å². The molecule has 5 N–H and O–H groups in total. The normalized spacial score (nSPS) is 20.3. The van der Waals surface area contributed by atoms with Gasteiger partial charge in [-0.05, 0) is 12.5 Å². The van der Waals surface area contributed by atoms with Crippen molar-refractivity contribution in [3.8, 4) is 0 Å². The van der Waals surface area contributed by atoms with Crippen LogP contribution in [0.3, 0.4) is 0 Å². The highest BCUT2D eigenvalue weighted by atomic mass is 32.2. The van der Waals surface area contributed by atoms with Gasteiger partial charge in [-0.1, -0.05) is 5.16 Å². The highest BCUT2D eigenvalue weighted by Crippen LogP contribution is 2.43. The van der Waals surface area contributed by atoms with Gasteiger partial charge in [0.1, 0.15) is 29.1 Å². The van der Waals surface area contributed by atoms with E-state index >= 15 is 0 Å². The summed E-state index contributed by atoms with van der Waals surface area (Å²) in [5.41, 5.74) is 6.00. The summed E-state index contributed by atoms with van der Waals surface area (Å²) in [5, 5.41) is 25.5. The molecule has 0 radical (unpaired) electrons. The third-order valence-electron chi connectivity index (χ3n) is 4.78. The minimum Gasteiger partial charge on any atom is -0.477 e. The second-order valence-electron chi connectivity index (χ2n) is 6.76. The monoisotopic (exact) mass is 507 g/mol. The van der Waals surface area contributed by atoms with Gasteiger partial charge in [0.15, 0.2) is 10.8 Å². The van der Waals surface area contributed by atoms with E-state index in [0.717, 1.165) is 17.0 Å². The molecular formula is C18H17N7O5S3. The first kappa shape index (κ1) is 23.0. The highest BCUT2D eigenvalue weighted by molar-refractivity contribution is 8.06. The predicted molar refractivity (Wildman–Crippen MR) is 123 cm³/mol. The van der Waals surface area contributed by atoms with Gasteiger partial charge in [-0.2, -0.15) is 0 Å². The Kier molecular flexibility index (Phi) is 6.80. The summed E-state index contributed by atoms with van der Waals surface area (Å²) >= 11 is 3.77. The van der Waals surface area contributed by atoms with Crippen LogP contribution < -0.4 is 11.1 Å². The van der Waals surface area contributed by atoms with Crippen molar-refractivity contribution in [2.45, 2.75) is 17.8 Å². The number of nitrogens with one attached hydrogen (secondary N) is 1. The summed E-state index contributed by atoms with van der Waals surface area (Å²) in [5.74, 6) is -1.61. The third kappa shape index (κ3) is 4.65. The van der Waals surface area contributed by atoms with E-state index < -0.39 is 29.2 Å². The number of carboxylic acids is 1. The number of hydrogen-bond donors (Lipinski definition) is 4. The number of nitrogens with two attached hydrogens (primary N) is 1. The van der Waals surface area contributed by atoms with Crippen LogP contribution in [-0.4, -0.2) is 76.6 Å². The Hall–Kier alpha value is -3.17. The van der Waals surface area contributed by atoms with Gasteiger partial charge in [-0.25, -0.2) is 19.7 Å². The minimum absolute atomic E-state index is 0.0749. The van der Waals surface area contributed by atoms with Crippen LogP contribution in [0.25, 0.3) is 0 Å². The molecule has 172 valence electrons. The number of aromatic nitrogens is 3. The lowest BCUT2D eigenvalue weighted by molar-refractivity contribution is -0.150. The van der Waals surface area contributed by atoms with Gasteiger partial charge in [-0.3, -0.25) is 14.5 Å². The Bertz CT molecular complexity index is 1150. The van der Waals surface area contributed by atoms with Gasteiger partial charge < -0.3 is 21.4 Å². The van der Waals surface area contributed by atoms with Crippen molar-refractivity contribution in [2.75, 3.05) is 17.2 Å². The summed E-state index contributed by atoms with van der Waals surface area (Å²) < 4.78 is 0. The Morgan fingerprint density at radius 2 is 2.24 bits per heavy atom. The van der Waals surface area contributed by atoms with Crippen LogP contribution in [0.1, 0.15) is 11.4 Å². The Labute approximate surface area is 199 Å². The van der Waals surface area contributed by atoms with Gasteiger partial charge in [0.2, 0.25) is 0 Å². The van der Waals surface area contributed by atoms with Crippen LogP contribution in [0.5, 0.6) is 0 Å². The number of anilines is 1. The fourth-order valence-electron chi connectivity index (χ4n) is 3.27. The van der Waals surface area contributed by atoms with Crippen molar-refractivity contribution in [2.24, 2.45) is 5.16 Å². The Morgan fingerprint density at radius 1 is 1.42 bits per heavy atom. The number of aryl methyl sites for hydroxylation is 1. The van der Waals surface area contributed by atoms with E-state index in [1.165, 1.54) is 40.1 Å². The molecule has 2 aliphatic heterocycles. The number of fused-ring (bicyclic) bond motifs is 1. The fourth-order valence-corrected chi connectivity index (χ4v) is 6.42. The van der Waals surface area contributed by atoms with Crippen LogP contribution in [0.4, 0.5) is 5.13 Å². The van der Waals surface area contributed by atoms with Crippen molar-refractivity contribution in [1.82, 2.24) is 25.2 Å². The lowest BCUT2D eigenvalue weighted by Gasteiger charge is -2.49. The average Bonchev–Trinajstić information content (AvgIpc) is 3.23. The van der Waals surface area contributed by atoms with E-state index in [4.69, 9.17) is 5.73 Å². The molecule has 0 aliphatic carbocycles. The molecule has 0 spiro atoms. The number of carboxylic acid groups (broad SMARTS) is 1. The van der Waals surface area contributed by atoms with Crippen molar-refractivity contribution in [3.05, 3.63) is 46.0 Å². The van der Waals surface area contributed by atoms with Crippen LogP contribution >= 0.6 is 34.9 Å². The van der Waals surface area contributed by atoms with Crippen molar-refractivity contribution in [1.29, 1.82) is 0 Å². The zero-order valence-electron chi connectivity index (χ0n) is 16.7. The maximum Gasteiger partial charge on any atom is 0.353 e. The molecule has 12 nitrogen and oxygen atoms in total. The molecule has 0 aromatic carbocycles. The molecule has 33 heavy (non-hydrogen) atoms. The van der Waals surface area contributed by atoms with Crippen molar-refractivity contribution >= 4 is 63.5 Å². The molecule has 1 fully saturated rings. The molecule has 2 aromatic heterocycles. The number of nitrogen functional groups attached to an aromatic ring is 1. The zero-order chi connectivity index (χ0) is 23.5. The van der Waals surface area contributed by atoms with Crippen LogP contribution in [0.2, 0.25) is 0 Å². The smallest absolute Gasteiger partial charge is 0.353 e. The van der Waals surface area contributed by atoms with E-state index in [1.54, 1.807) is 12.3 Å². The molecule has 0 bridgehead atoms. The van der Waals surface area contributed by atoms with E-state index in [1.807, 2.05) is 0 Å². The van der Waals surface area contributed by atoms with Gasteiger partial charge in [0.25, 0.3) is 11.8 Å². The quantitative estimate of drug-likeness (QED) is 0.167. The van der Waals surface area contributed by atoms with E-state index in [9.17, 15) is 24.7 Å². The molecule has 4 heterocycles. The summed E-state index contributed by atoms with van der Waals surface area (Å²) in [6.07, 6.45) is 3.71. The SMILES string of the molecule is Nc1nc(/C(=N/O)C(=O)N[C@@H]2C(=O)N3C(C(=O)O)=C(SCCc4ccncn4)CS[C@H]23)cs1. The number of oxime groups is 1. The first-order valence-electron chi connectivity index (χ1n) is 9.43. The van der Waals surface area contributed by atoms with Crippen LogP contribution in [0, 0.1) is 0 Å². The number of amides is 2. The minimum atomic E-state index is -1.21. The standard InChI is InChI=1S/C18H17N7O5S3/c19-18-22-9(5-33-18)11(24-30)14(26)23-12-15(27)25-13(17(28)29)10(6-32-16(12)25)31-4-2-8-1-3-20-7-21-8/h1,3,5,7,12,16,30H,2,4,6H2,(H2,19,22)(H,23,26)(H,28,29)/b24-11-/t12-,16-/m1/s1. The third-order valence-corrected chi connectivity index (χ3v) is 8.01. The van der Waals surface area contributed by atoms with Crippen molar-refractivity contribution in [3.63, 3.8) is 0 Å². The molecule has 1 saturated heterocycles.